The highest BCUT2D eigenvalue weighted by Gasteiger charge is 2.36. The summed E-state index contributed by atoms with van der Waals surface area (Å²) in [4.78, 5) is 25.4. The maximum atomic E-state index is 14.7. The molecule has 2 aliphatic rings. The number of amides is 1. The van der Waals surface area contributed by atoms with E-state index in [9.17, 15) is 22.8 Å². The van der Waals surface area contributed by atoms with Gasteiger partial charge in [0.05, 0.1) is 24.5 Å². The van der Waals surface area contributed by atoms with Crippen LogP contribution in [0.5, 0.6) is 0 Å². The van der Waals surface area contributed by atoms with Gasteiger partial charge in [0.1, 0.15) is 11.8 Å². The third kappa shape index (κ3) is 3.55. The summed E-state index contributed by atoms with van der Waals surface area (Å²) < 4.78 is 50.6. The summed E-state index contributed by atoms with van der Waals surface area (Å²) in [5.74, 6) is -4.06. The Balaban J connectivity index is 1.59. The van der Waals surface area contributed by atoms with E-state index in [2.05, 4.69) is 10.3 Å². The molecule has 0 aliphatic carbocycles. The molecule has 1 aromatic carbocycles. The lowest BCUT2D eigenvalue weighted by molar-refractivity contribution is -0.114. The highest BCUT2D eigenvalue weighted by atomic mass is 19.2. The molecule has 8 nitrogen and oxygen atoms in total. The molecule has 0 saturated carbocycles. The molecular formula is C18H16F3N5O3. The first-order chi connectivity index (χ1) is 13.8. The second-order valence-corrected chi connectivity index (χ2v) is 6.78. The third-order valence-electron chi connectivity index (χ3n) is 4.65. The second kappa shape index (κ2) is 7.22. The van der Waals surface area contributed by atoms with Crippen LogP contribution in [-0.2, 0) is 16.1 Å². The van der Waals surface area contributed by atoms with Crippen LogP contribution in [0.1, 0.15) is 12.1 Å². The smallest absolute Gasteiger partial charge is 0.414 e. The van der Waals surface area contributed by atoms with Crippen molar-refractivity contribution in [2.45, 2.75) is 26.0 Å². The number of rotatable bonds is 4. The van der Waals surface area contributed by atoms with Crippen LogP contribution < -0.4 is 9.80 Å². The molecule has 1 fully saturated rings. The first kappa shape index (κ1) is 19.0. The fourth-order valence-electron chi connectivity index (χ4n) is 3.29. The van der Waals surface area contributed by atoms with E-state index >= 15 is 0 Å². The average Bonchev–Trinajstić information content (AvgIpc) is 3.25. The molecule has 1 atom stereocenters. The van der Waals surface area contributed by atoms with Crippen LogP contribution in [0.4, 0.5) is 29.3 Å². The Morgan fingerprint density at radius 3 is 2.69 bits per heavy atom. The van der Waals surface area contributed by atoms with Crippen molar-refractivity contribution in [2.24, 2.45) is 0 Å². The Hall–Kier alpha value is -3.37. The molecule has 2 aromatic rings. The van der Waals surface area contributed by atoms with Gasteiger partial charge in [0, 0.05) is 31.4 Å². The molecule has 0 spiro atoms. The summed E-state index contributed by atoms with van der Waals surface area (Å²) in [6.45, 7) is 1.82. The minimum Gasteiger partial charge on any atom is -0.442 e. The van der Waals surface area contributed by atoms with Gasteiger partial charge >= 0.3 is 6.09 Å². The van der Waals surface area contributed by atoms with Gasteiger partial charge in [-0.25, -0.2) is 22.6 Å². The van der Waals surface area contributed by atoms with Crippen molar-refractivity contribution in [3.63, 3.8) is 0 Å². The first-order valence-electron chi connectivity index (χ1n) is 8.83. The number of carbonyl (C=O) groups is 2. The SMILES string of the molecule is Cc1cn(C[C@H]2CN(c3cc(F)c(N4C=CC(=O)CC4)c(F)c3F)C(=O)O2)nn1. The molecule has 4 rings (SSSR count). The second-order valence-electron chi connectivity index (χ2n) is 6.78. The Labute approximate surface area is 163 Å². The van der Waals surface area contributed by atoms with Crippen LogP contribution >= 0.6 is 0 Å². The molecule has 1 saturated heterocycles. The van der Waals surface area contributed by atoms with Crippen molar-refractivity contribution in [1.29, 1.82) is 0 Å². The number of cyclic esters (lactones) is 1. The fraction of sp³-hybridized carbons (Fsp3) is 0.333. The lowest BCUT2D eigenvalue weighted by atomic mass is 10.1. The van der Waals surface area contributed by atoms with E-state index in [4.69, 9.17) is 4.74 Å². The number of hydrogen-bond acceptors (Lipinski definition) is 6. The van der Waals surface area contributed by atoms with E-state index in [0.717, 1.165) is 15.9 Å². The van der Waals surface area contributed by atoms with Gasteiger partial charge < -0.3 is 9.64 Å². The van der Waals surface area contributed by atoms with E-state index in [-0.39, 0.29) is 31.8 Å². The molecule has 11 heteroatoms. The third-order valence-corrected chi connectivity index (χ3v) is 4.65. The van der Waals surface area contributed by atoms with Crippen LogP contribution in [0.25, 0.3) is 0 Å². The molecule has 152 valence electrons. The Bertz CT molecular complexity index is 1020. The van der Waals surface area contributed by atoms with Crippen LogP contribution in [0.15, 0.2) is 24.5 Å². The highest BCUT2D eigenvalue weighted by Crippen LogP contribution is 2.35. The molecule has 29 heavy (non-hydrogen) atoms. The standard InChI is InChI=1S/C18H16F3N5O3/c1-10-7-25(23-22-10)8-12-9-26(18(28)29-12)14-6-13(19)17(16(21)15(14)20)24-4-2-11(27)3-5-24/h2,4,6-7,12H,3,5,8-9H2,1H3/t12-/m0/s1. The summed E-state index contributed by atoms with van der Waals surface area (Å²) in [7, 11) is 0. The normalized spacial score (nSPS) is 19.2. The van der Waals surface area contributed by atoms with E-state index < -0.39 is 41.0 Å². The monoisotopic (exact) mass is 407 g/mol. The number of benzene rings is 1. The van der Waals surface area contributed by atoms with Crippen molar-refractivity contribution in [2.75, 3.05) is 22.9 Å². The van der Waals surface area contributed by atoms with Crippen LogP contribution in [0.2, 0.25) is 0 Å². The zero-order valence-corrected chi connectivity index (χ0v) is 15.3. The molecule has 2 aliphatic heterocycles. The number of halogens is 3. The Kier molecular flexibility index (Phi) is 4.73. The number of ether oxygens (including phenoxy) is 1. The Morgan fingerprint density at radius 2 is 2.03 bits per heavy atom. The number of carbonyl (C=O) groups excluding carboxylic acids is 2. The molecule has 0 radical (unpaired) electrons. The first-order valence-corrected chi connectivity index (χ1v) is 8.83. The number of allylic oxidation sites excluding steroid dienone is 1. The number of hydrogen-bond donors (Lipinski definition) is 0. The predicted octanol–water partition coefficient (Wildman–Crippen LogP) is 2.32. The van der Waals surface area contributed by atoms with Gasteiger partial charge in [-0.05, 0) is 13.0 Å². The fourth-order valence-corrected chi connectivity index (χ4v) is 3.29. The van der Waals surface area contributed by atoms with E-state index in [0.29, 0.717) is 5.69 Å². The molecule has 0 N–H and O–H groups in total. The van der Waals surface area contributed by atoms with Crippen LogP contribution in [0, 0.1) is 24.4 Å². The molecule has 1 aromatic heterocycles. The topological polar surface area (TPSA) is 80.6 Å². The van der Waals surface area contributed by atoms with E-state index in [1.165, 1.54) is 17.0 Å². The lowest BCUT2D eigenvalue weighted by Crippen LogP contribution is -2.29. The number of aromatic nitrogens is 3. The van der Waals surface area contributed by atoms with Gasteiger partial charge in [-0.2, -0.15) is 0 Å². The molecule has 0 unspecified atom stereocenters. The van der Waals surface area contributed by atoms with E-state index in [1.807, 2.05) is 0 Å². The van der Waals surface area contributed by atoms with Gasteiger partial charge in [-0.1, -0.05) is 5.21 Å². The highest BCUT2D eigenvalue weighted by molar-refractivity contribution is 5.92. The maximum absolute atomic E-state index is 14.7. The average molecular weight is 407 g/mol. The van der Waals surface area contributed by atoms with Crippen molar-refractivity contribution in [3.05, 3.63) is 47.7 Å². The minimum atomic E-state index is -1.44. The van der Waals surface area contributed by atoms with Crippen LogP contribution in [-0.4, -0.2) is 46.1 Å². The van der Waals surface area contributed by atoms with Gasteiger partial charge in [-0.3, -0.25) is 9.69 Å². The molecule has 0 bridgehead atoms. The lowest BCUT2D eigenvalue weighted by Gasteiger charge is -2.25. The summed E-state index contributed by atoms with van der Waals surface area (Å²) >= 11 is 0. The number of nitrogens with zero attached hydrogens (tertiary/aromatic N) is 5. The van der Waals surface area contributed by atoms with Gasteiger partial charge in [0.25, 0.3) is 0 Å². The number of ketones is 1. The summed E-state index contributed by atoms with van der Waals surface area (Å²) in [5.41, 5.74) is -0.495. The van der Waals surface area contributed by atoms with E-state index in [1.54, 1.807) is 13.1 Å². The molecular weight excluding hydrogens is 391 g/mol. The van der Waals surface area contributed by atoms with Crippen molar-refractivity contribution in [3.8, 4) is 0 Å². The summed E-state index contributed by atoms with van der Waals surface area (Å²) in [5, 5.41) is 7.66. The van der Waals surface area contributed by atoms with Crippen molar-refractivity contribution in [1.82, 2.24) is 15.0 Å². The minimum absolute atomic E-state index is 0.0209. The van der Waals surface area contributed by atoms with Gasteiger partial charge in [0.15, 0.2) is 23.2 Å². The zero-order valence-electron chi connectivity index (χ0n) is 15.3. The van der Waals surface area contributed by atoms with Crippen molar-refractivity contribution < 1.29 is 27.5 Å². The summed E-state index contributed by atoms with van der Waals surface area (Å²) in [6, 6.07) is 0.751. The van der Waals surface area contributed by atoms with Crippen LogP contribution in [0.3, 0.4) is 0 Å². The maximum Gasteiger partial charge on any atom is 0.414 e. The van der Waals surface area contributed by atoms with Gasteiger partial charge in [-0.15, -0.1) is 5.10 Å². The predicted molar refractivity (Wildman–Crippen MR) is 94.8 cm³/mol. The number of aryl methyl sites for hydroxylation is 1. The quantitative estimate of drug-likeness (QED) is 0.724. The zero-order chi connectivity index (χ0) is 20.7. The Morgan fingerprint density at radius 1 is 1.24 bits per heavy atom. The molecule has 1 amide bonds. The summed E-state index contributed by atoms with van der Waals surface area (Å²) in [6.07, 6.45) is 2.46. The number of anilines is 2. The van der Waals surface area contributed by atoms with Crippen molar-refractivity contribution >= 4 is 23.3 Å². The molecule has 3 heterocycles. The van der Waals surface area contributed by atoms with Gasteiger partial charge in [0.2, 0.25) is 0 Å². The largest absolute Gasteiger partial charge is 0.442 e.